The minimum atomic E-state index is -0.839. The van der Waals surface area contributed by atoms with Crippen molar-refractivity contribution in [1.82, 2.24) is 10.3 Å². The number of hydrogen-bond donors (Lipinski definition) is 1. The van der Waals surface area contributed by atoms with Gasteiger partial charge in [-0.3, -0.25) is 4.79 Å². The Morgan fingerprint density at radius 1 is 1.11 bits per heavy atom. The van der Waals surface area contributed by atoms with Crippen LogP contribution in [-0.4, -0.2) is 29.0 Å². The zero-order valence-corrected chi connectivity index (χ0v) is 16.2. The molecule has 2 aromatic rings. The molecule has 1 aromatic heterocycles. The summed E-state index contributed by atoms with van der Waals surface area (Å²) in [4.78, 5) is 30.2. The molecule has 0 bridgehead atoms. The van der Waals surface area contributed by atoms with Crippen molar-refractivity contribution in [2.24, 2.45) is 0 Å². The Labute approximate surface area is 163 Å². The Balaban J connectivity index is 1.62. The SMILES string of the molecule is C[C@@H](OC(=O)c1cccnc1Sc1ccccc1)C(=O)NC1CCCCC1. The van der Waals surface area contributed by atoms with Gasteiger partial charge in [0.2, 0.25) is 0 Å². The molecule has 1 aliphatic carbocycles. The van der Waals surface area contributed by atoms with Gasteiger partial charge in [0.25, 0.3) is 5.91 Å². The minimum Gasteiger partial charge on any atom is -0.449 e. The van der Waals surface area contributed by atoms with Crippen LogP contribution in [0.3, 0.4) is 0 Å². The van der Waals surface area contributed by atoms with Crippen LogP contribution in [0.4, 0.5) is 0 Å². The maximum Gasteiger partial charge on any atom is 0.341 e. The first-order valence-corrected chi connectivity index (χ1v) is 10.1. The molecule has 0 unspecified atom stereocenters. The summed E-state index contributed by atoms with van der Waals surface area (Å²) in [5, 5.41) is 3.56. The highest BCUT2D eigenvalue weighted by atomic mass is 32.2. The molecule has 142 valence electrons. The van der Waals surface area contributed by atoms with Gasteiger partial charge in [-0.15, -0.1) is 0 Å². The zero-order chi connectivity index (χ0) is 19.1. The molecule has 6 heteroatoms. The number of esters is 1. The summed E-state index contributed by atoms with van der Waals surface area (Å²) in [5.74, 6) is -0.774. The quantitative estimate of drug-likeness (QED) is 0.755. The Morgan fingerprint density at radius 2 is 1.85 bits per heavy atom. The van der Waals surface area contributed by atoms with Gasteiger partial charge in [0.15, 0.2) is 6.10 Å². The fourth-order valence-corrected chi connectivity index (χ4v) is 3.96. The van der Waals surface area contributed by atoms with E-state index < -0.39 is 12.1 Å². The third-order valence-electron chi connectivity index (χ3n) is 4.55. The lowest BCUT2D eigenvalue weighted by molar-refractivity contribution is -0.130. The maximum atomic E-state index is 12.6. The van der Waals surface area contributed by atoms with Crippen molar-refractivity contribution in [3.05, 3.63) is 54.2 Å². The van der Waals surface area contributed by atoms with Gasteiger partial charge in [0.05, 0.1) is 5.56 Å². The van der Waals surface area contributed by atoms with Crippen LogP contribution >= 0.6 is 11.8 Å². The van der Waals surface area contributed by atoms with Gasteiger partial charge < -0.3 is 10.1 Å². The lowest BCUT2D eigenvalue weighted by Crippen LogP contribution is -2.42. The third-order valence-corrected chi connectivity index (χ3v) is 5.58. The minimum absolute atomic E-state index is 0.190. The Morgan fingerprint density at radius 3 is 2.59 bits per heavy atom. The van der Waals surface area contributed by atoms with Crippen LogP contribution in [0.1, 0.15) is 49.4 Å². The van der Waals surface area contributed by atoms with E-state index in [1.54, 1.807) is 25.3 Å². The number of amides is 1. The van der Waals surface area contributed by atoms with Crippen LogP contribution in [0, 0.1) is 0 Å². The van der Waals surface area contributed by atoms with E-state index in [4.69, 9.17) is 4.74 Å². The number of pyridine rings is 1. The highest BCUT2D eigenvalue weighted by Crippen LogP contribution is 2.28. The first-order chi connectivity index (χ1) is 13.1. The summed E-state index contributed by atoms with van der Waals surface area (Å²) >= 11 is 1.39. The highest BCUT2D eigenvalue weighted by molar-refractivity contribution is 7.99. The number of ether oxygens (including phenoxy) is 1. The Bertz CT molecular complexity index is 776. The maximum absolute atomic E-state index is 12.6. The predicted molar refractivity (Wildman–Crippen MR) is 105 cm³/mol. The second kappa shape index (κ2) is 9.55. The number of nitrogens with one attached hydrogen (secondary N) is 1. The lowest BCUT2D eigenvalue weighted by atomic mass is 9.95. The standard InChI is InChI=1S/C21H24N2O3S/c1-15(19(24)23-16-9-4-2-5-10-16)26-21(25)18-13-8-14-22-20(18)27-17-11-6-3-7-12-17/h3,6-8,11-16H,2,4-5,9-10H2,1H3,(H,23,24)/t15-/m1/s1. The largest absolute Gasteiger partial charge is 0.449 e. The third kappa shape index (κ3) is 5.57. The van der Waals surface area contributed by atoms with Gasteiger partial charge in [-0.2, -0.15) is 0 Å². The molecule has 0 saturated heterocycles. The van der Waals surface area contributed by atoms with E-state index in [0.717, 1.165) is 30.6 Å². The number of nitrogens with zero attached hydrogens (tertiary/aromatic N) is 1. The van der Waals surface area contributed by atoms with Gasteiger partial charge in [-0.1, -0.05) is 49.2 Å². The van der Waals surface area contributed by atoms with Crippen molar-refractivity contribution in [3.8, 4) is 0 Å². The van der Waals surface area contributed by atoms with Crippen molar-refractivity contribution < 1.29 is 14.3 Å². The van der Waals surface area contributed by atoms with E-state index in [1.807, 2.05) is 30.3 Å². The van der Waals surface area contributed by atoms with Crippen LogP contribution in [0.15, 0.2) is 58.6 Å². The van der Waals surface area contributed by atoms with Crippen LogP contribution < -0.4 is 5.32 Å². The zero-order valence-electron chi connectivity index (χ0n) is 15.4. The number of benzene rings is 1. The van der Waals surface area contributed by atoms with Crippen molar-refractivity contribution in [1.29, 1.82) is 0 Å². The van der Waals surface area contributed by atoms with Crippen molar-refractivity contribution in [2.45, 2.75) is 61.1 Å². The average Bonchev–Trinajstić information content (AvgIpc) is 2.70. The average molecular weight is 385 g/mol. The summed E-state index contributed by atoms with van der Waals surface area (Å²) in [5.41, 5.74) is 0.365. The number of aromatic nitrogens is 1. The Hall–Kier alpha value is -2.34. The molecule has 1 aliphatic rings. The molecule has 0 radical (unpaired) electrons. The second-order valence-electron chi connectivity index (χ2n) is 6.66. The molecule has 1 N–H and O–H groups in total. The van der Waals surface area contributed by atoms with Crippen molar-refractivity contribution in [2.75, 3.05) is 0 Å². The molecule has 1 heterocycles. The first-order valence-electron chi connectivity index (χ1n) is 9.33. The molecule has 0 aliphatic heterocycles. The fraction of sp³-hybridized carbons (Fsp3) is 0.381. The smallest absolute Gasteiger partial charge is 0.341 e. The van der Waals surface area contributed by atoms with Gasteiger partial charge >= 0.3 is 5.97 Å². The summed E-state index contributed by atoms with van der Waals surface area (Å²) in [6.45, 7) is 1.61. The molecule has 1 amide bonds. The molecule has 5 nitrogen and oxygen atoms in total. The predicted octanol–water partition coefficient (Wildman–Crippen LogP) is 4.23. The van der Waals surface area contributed by atoms with Crippen LogP contribution in [-0.2, 0) is 9.53 Å². The Kier molecular flexibility index (Phi) is 6.87. The summed E-state index contributed by atoms with van der Waals surface area (Å²) in [6, 6.07) is 13.3. The molecule has 27 heavy (non-hydrogen) atoms. The molecule has 1 saturated carbocycles. The molecule has 1 atom stereocenters. The summed E-state index contributed by atoms with van der Waals surface area (Å²) in [6.07, 6.45) is 6.28. The van der Waals surface area contributed by atoms with Crippen LogP contribution in [0.25, 0.3) is 0 Å². The number of rotatable bonds is 6. The van der Waals surface area contributed by atoms with Gasteiger partial charge in [-0.05, 0) is 44.0 Å². The van der Waals surface area contributed by atoms with Crippen LogP contribution in [0.5, 0.6) is 0 Å². The summed E-state index contributed by atoms with van der Waals surface area (Å²) < 4.78 is 5.41. The number of carbonyl (C=O) groups is 2. The van der Waals surface area contributed by atoms with E-state index >= 15 is 0 Å². The normalized spacial score (nSPS) is 15.7. The second-order valence-corrected chi connectivity index (χ2v) is 7.72. The van der Waals surface area contributed by atoms with E-state index in [2.05, 4.69) is 10.3 Å². The molecule has 0 spiro atoms. The van der Waals surface area contributed by atoms with Gasteiger partial charge in [-0.25, -0.2) is 9.78 Å². The fourth-order valence-electron chi connectivity index (χ4n) is 3.07. The first kappa shape index (κ1) is 19.4. The van der Waals surface area contributed by atoms with Crippen LogP contribution in [0.2, 0.25) is 0 Å². The summed E-state index contributed by atoms with van der Waals surface area (Å²) in [7, 11) is 0. The molecular formula is C21H24N2O3S. The molecule has 1 fully saturated rings. The van der Waals surface area contributed by atoms with E-state index in [-0.39, 0.29) is 11.9 Å². The van der Waals surface area contributed by atoms with E-state index in [9.17, 15) is 9.59 Å². The molecule has 1 aromatic carbocycles. The van der Waals surface area contributed by atoms with E-state index in [1.165, 1.54) is 18.2 Å². The monoisotopic (exact) mass is 384 g/mol. The van der Waals surface area contributed by atoms with Gasteiger partial charge in [0, 0.05) is 17.1 Å². The highest BCUT2D eigenvalue weighted by Gasteiger charge is 2.24. The number of carbonyl (C=O) groups excluding carboxylic acids is 2. The van der Waals surface area contributed by atoms with Gasteiger partial charge in [0.1, 0.15) is 5.03 Å². The van der Waals surface area contributed by atoms with E-state index in [0.29, 0.717) is 10.6 Å². The molecular weight excluding hydrogens is 360 g/mol. The molecule has 3 rings (SSSR count). The van der Waals surface area contributed by atoms with Crippen molar-refractivity contribution >= 4 is 23.6 Å². The topological polar surface area (TPSA) is 68.3 Å². The lowest BCUT2D eigenvalue weighted by Gasteiger charge is -2.24. The number of hydrogen-bond acceptors (Lipinski definition) is 5. The van der Waals surface area contributed by atoms with Crippen molar-refractivity contribution in [3.63, 3.8) is 0 Å².